The summed E-state index contributed by atoms with van der Waals surface area (Å²) in [5.41, 5.74) is 0.813. The van der Waals surface area contributed by atoms with Crippen molar-refractivity contribution in [3.8, 4) is 0 Å². The molecule has 0 bridgehead atoms. The highest BCUT2D eigenvalue weighted by molar-refractivity contribution is 5.88. The van der Waals surface area contributed by atoms with Gasteiger partial charge in [-0.3, -0.25) is 38.5 Å². The lowest BCUT2D eigenvalue weighted by atomic mass is 9.99. The van der Waals surface area contributed by atoms with Gasteiger partial charge >= 0.3 is 6.09 Å². The SMILES string of the molecule is C[C@@H]1O[C@@H](OCCNC(=O)CCCCCNC(=O)[C@H](CCC(=O)NCCCC[C@@H](C(=O)NCCO[C@H]2O[C@H](CO)[C@@H](O)[C@H](O)[C@@H]2O)N(CC(=O)NCCO[C@H]2O[C@H](CO)[C@@H](O)[C@H](O)[C@@H]2O)CC(=O)NCCO[C@H]2O[C@H](CO)[C@@H](O)[C@H](O)[C@@H]2O)NC(=O)CCCCCNC(=O)OCc2ccccc2)[C@@H](O)[C@H](O)[C@@H]1O. The third-order valence-corrected chi connectivity index (χ3v) is 18.1. The largest absolute Gasteiger partial charge is 0.445 e. The summed E-state index contributed by atoms with van der Waals surface area (Å²) in [6.45, 7) is -3.76. The molecule has 4 aliphatic rings. The summed E-state index contributed by atoms with van der Waals surface area (Å²) in [5, 5.41) is 173. The smallest absolute Gasteiger partial charge is 0.407 e. The van der Waals surface area contributed by atoms with Crippen molar-refractivity contribution in [2.24, 2.45) is 0 Å². The van der Waals surface area contributed by atoms with Crippen molar-refractivity contribution in [1.29, 1.82) is 0 Å². The van der Waals surface area contributed by atoms with E-state index in [9.17, 15) is 115 Å². The van der Waals surface area contributed by atoms with Crippen LogP contribution in [0.1, 0.15) is 96.0 Å². The zero-order valence-electron chi connectivity index (χ0n) is 60.4. The van der Waals surface area contributed by atoms with Gasteiger partial charge in [-0.2, -0.15) is 0 Å². The summed E-state index contributed by atoms with van der Waals surface area (Å²) in [6, 6.07) is 6.55. The van der Waals surface area contributed by atoms with E-state index in [4.69, 9.17) is 42.6 Å². The van der Waals surface area contributed by atoms with E-state index in [2.05, 4.69) is 42.5 Å². The van der Waals surface area contributed by atoms with Crippen LogP contribution in [0.25, 0.3) is 0 Å². The van der Waals surface area contributed by atoms with Gasteiger partial charge in [-0.1, -0.05) is 43.2 Å². The van der Waals surface area contributed by atoms with Crippen LogP contribution in [0.5, 0.6) is 0 Å². The third-order valence-electron chi connectivity index (χ3n) is 18.1. The van der Waals surface area contributed by atoms with E-state index in [1.54, 1.807) is 0 Å². The minimum absolute atomic E-state index is 0.0000812. The fourth-order valence-corrected chi connectivity index (χ4v) is 11.7. The molecular weight excluding hydrogens is 1440 g/mol. The lowest BCUT2D eigenvalue weighted by Gasteiger charge is -2.39. The summed E-state index contributed by atoms with van der Waals surface area (Å²) in [6.07, 6.45) is -28.6. The number of amides is 8. The number of carbonyl (C=O) groups is 8. The predicted molar refractivity (Wildman–Crippen MR) is 367 cm³/mol. The molecule has 22 atom stereocenters. The molecule has 1 aromatic rings. The summed E-state index contributed by atoms with van der Waals surface area (Å²) in [4.78, 5) is 108. The van der Waals surface area contributed by atoms with E-state index in [-0.39, 0.29) is 123 Å². The molecule has 0 aromatic heterocycles. The fourth-order valence-electron chi connectivity index (χ4n) is 11.7. The molecule has 0 aliphatic carbocycles. The zero-order chi connectivity index (χ0) is 79.2. The van der Waals surface area contributed by atoms with Crippen molar-refractivity contribution in [2.45, 2.75) is 232 Å². The van der Waals surface area contributed by atoms with Crippen LogP contribution in [-0.2, 0) is 82.8 Å². The van der Waals surface area contributed by atoms with E-state index < -0.39 is 216 Å². The Hall–Kier alpha value is -6.18. The molecule has 23 N–H and O–H groups in total. The van der Waals surface area contributed by atoms with Gasteiger partial charge < -0.3 is 162 Å². The molecule has 41 nitrogen and oxygen atoms in total. The van der Waals surface area contributed by atoms with Crippen LogP contribution in [-0.4, -0.2) is 369 Å². The maximum absolute atomic E-state index is 14.4. The molecular formula is C67H113N9O32. The number of hydrogen-bond acceptors (Lipinski definition) is 33. The van der Waals surface area contributed by atoms with Gasteiger partial charge in [-0.05, 0) is 63.9 Å². The Morgan fingerprint density at radius 2 is 0.787 bits per heavy atom. The standard InChI is InChI=1S/C67H113N9O32/c1-37-49(85)53(89)57(93)63(105-37)100-27-23-69-44(80)16-7-3-10-21-72-61(97)39(75-46(82)17-8-4-11-22-74-67(99)104-36-38-13-5-2-6-14-38)18-19-45(81)68-20-12-9-15-40(62(98)73-26-30-103-66-60(96)56(92)52(88)43(35-79)108-66)76(31-47(83)70-24-28-101-64-58(94)54(90)50(86)41(33-77)106-64)32-48(84)71-25-29-102-65-59(95)55(91)51(87)42(34-78)107-65/h2,5-6,13-14,37,39-43,49-60,63-66,77-79,85-96H,3-4,7-12,15-36H2,1H3,(H,68,81)(H,69,80)(H,70,83)(H,71,84)(H,72,97)(H,73,98)(H,74,99)(H,75,82)/t37-,39-,40-,41+,42+,43+,49+,50+,51+,52+,53+,54-,55-,56-,57-,58-,59-,60-,63+,64-,65-,66-/m0/s1. The molecule has 108 heavy (non-hydrogen) atoms. The van der Waals surface area contributed by atoms with Crippen molar-refractivity contribution in [3.63, 3.8) is 0 Å². The Morgan fingerprint density at radius 3 is 1.27 bits per heavy atom. The number of nitrogens with zero attached hydrogens (tertiary/aromatic N) is 1. The number of ether oxygens (including phenoxy) is 9. The first-order valence-corrected chi connectivity index (χ1v) is 36.4. The number of benzene rings is 1. The quantitative estimate of drug-likeness (QED) is 0.0269. The Balaban J connectivity index is 1.20. The van der Waals surface area contributed by atoms with Gasteiger partial charge in [-0.15, -0.1) is 0 Å². The molecule has 4 saturated heterocycles. The van der Waals surface area contributed by atoms with Gasteiger partial charge in [0.05, 0.1) is 71.5 Å². The summed E-state index contributed by atoms with van der Waals surface area (Å²) in [7, 11) is 0. The minimum Gasteiger partial charge on any atom is -0.445 e. The highest BCUT2D eigenvalue weighted by atomic mass is 16.7. The molecule has 0 saturated carbocycles. The van der Waals surface area contributed by atoms with Gasteiger partial charge in [0.15, 0.2) is 25.2 Å². The number of carbonyl (C=O) groups excluding carboxylic acids is 8. The summed E-state index contributed by atoms with van der Waals surface area (Å²) < 4.78 is 48.7. The van der Waals surface area contributed by atoms with Crippen LogP contribution in [0, 0.1) is 0 Å². The third kappa shape index (κ3) is 31.5. The van der Waals surface area contributed by atoms with Crippen LogP contribution in [0.3, 0.4) is 0 Å². The summed E-state index contributed by atoms with van der Waals surface area (Å²) in [5.74, 6) is -4.32. The minimum atomic E-state index is -1.79. The van der Waals surface area contributed by atoms with Gasteiger partial charge in [0, 0.05) is 65.1 Å². The molecule has 1 aromatic carbocycles. The van der Waals surface area contributed by atoms with Crippen LogP contribution in [0.4, 0.5) is 4.79 Å². The van der Waals surface area contributed by atoms with Crippen molar-refractivity contribution in [3.05, 3.63) is 35.9 Å². The van der Waals surface area contributed by atoms with Crippen molar-refractivity contribution in [2.75, 3.05) is 105 Å². The Bertz CT molecular complexity index is 2760. The lowest BCUT2D eigenvalue weighted by Crippen LogP contribution is -2.59. The van der Waals surface area contributed by atoms with E-state index in [0.29, 0.717) is 38.5 Å². The molecule has 0 spiro atoms. The molecule has 8 amide bonds. The number of aliphatic hydroxyl groups is 15. The number of aliphatic hydroxyl groups excluding tert-OH is 15. The van der Waals surface area contributed by atoms with E-state index >= 15 is 0 Å². The van der Waals surface area contributed by atoms with E-state index in [1.165, 1.54) is 11.8 Å². The Labute approximate surface area is 623 Å². The lowest BCUT2D eigenvalue weighted by molar-refractivity contribution is -0.300. The molecule has 0 radical (unpaired) electrons. The van der Waals surface area contributed by atoms with Crippen molar-refractivity contribution < 1.29 is 158 Å². The molecule has 4 fully saturated rings. The van der Waals surface area contributed by atoms with Crippen LogP contribution in [0.2, 0.25) is 0 Å². The van der Waals surface area contributed by atoms with Crippen LogP contribution < -0.4 is 42.5 Å². The topological polar surface area (TPSA) is 623 Å². The van der Waals surface area contributed by atoms with E-state index in [0.717, 1.165) is 5.56 Å². The maximum atomic E-state index is 14.4. The number of nitrogens with one attached hydrogen (secondary N) is 8. The number of unbranched alkanes of at least 4 members (excludes halogenated alkanes) is 5. The van der Waals surface area contributed by atoms with Gasteiger partial charge in [-0.25, -0.2) is 4.79 Å². The summed E-state index contributed by atoms with van der Waals surface area (Å²) >= 11 is 0. The monoisotopic (exact) mass is 1560 g/mol. The highest BCUT2D eigenvalue weighted by Gasteiger charge is 2.47. The van der Waals surface area contributed by atoms with Crippen molar-refractivity contribution in [1.82, 2.24) is 47.4 Å². The predicted octanol–water partition coefficient (Wildman–Crippen LogP) is -9.87. The molecule has 4 aliphatic heterocycles. The van der Waals surface area contributed by atoms with Crippen LogP contribution >= 0.6 is 0 Å². The first kappa shape index (κ1) is 92.4. The molecule has 0 unspecified atom stereocenters. The molecule has 5 rings (SSSR count). The average molecular weight is 1560 g/mol. The first-order valence-electron chi connectivity index (χ1n) is 36.4. The van der Waals surface area contributed by atoms with Crippen molar-refractivity contribution >= 4 is 47.4 Å². The van der Waals surface area contributed by atoms with Gasteiger partial charge in [0.25, 0.3) is 0 Å². The molecule has 41 heteroatoms. The second-order valence-electron chi connectivity index (χ2n) is 26.4. The second kappa shape index (κ2) is 49.9. The van der Waals surface area contributed by atoms with Crippen LogP contribution in [0.15, 0.2) is 30.3 Å². The van der Waals surface area contributed by atoms with Gasteiger partial charge in [0.1, 0.15) is 104 Å². The zero-order valence-corrected chi connectivity index (χ0v) is 60.4. The fraction of sp³-hybridized carbons (Fsp3) is 0.791. The Morgan fingerprint density at radius 1 is 0.398 bits per heavy atom. The Kier molecular flexibility index (Phi) is 42.7. The first-order chi connectivity index (χ1) is 51.7. The maximum Gasteiger partial charge on any atom is 0.407 e. The normalized spacial score (nSPS) is 29.0. The highest BCUT2D eigenvalue weighted by Crippen LogP contribution is 2.26. The molecule has 618 valence electrons. The number of rotatable bonds is 49. The average Bonchev–Trinajstić information content (AvgIpc) is 0.835. The van der Waals surface area contributed by atoms with Gasteiger partial charge in [0.2, 0.25) is 41.4 Å². The number of hydrogen-bond donors (Lipinski definition) is 23. The van der Waals surface area contributed by atoms with E-state index in [1.807, 2.05) is 30.3 Å². The number of alkyl carbamates (subject to hydrolysis) is 1. The molecule has 4 heterocycles. The second-order valence-corrected chi connectivity index (χ2v) is 26.4.